The van der Waals surface area contributed by atoms with Crippen molar-refractivity contribution in [1.82, 2.24) is 5.32 Å². The largest absolute Gasteiger partial charge is 0.313 e. The van der Waals surface area contributed by atoms with Gasteiger partial charge in [-0.15, -0.1) is 0 Å². The molecule has 1 nitrogen and oxygen atoms in total. The molecule has 2 aromatic rings. The molecule has 0 heterocycles. The molecule has 2 aromatic carbocycles. The lowest BCUT2D eigenvalue weighted by atomic mass is 9.98. The Kier molecular flexibility index (Phi) is 5.29. The molecule has 0 spiro atoms. The van der Waals surface area contributed by atoms with Crippen LogP contribution >= 0.6 is 31.9 Å². The van der Waals surface area contributed by atoms with Crippen LogP contribution in [0.5, 0.6) is 0 Å². The van der Waals surface area contributed by atoms with Gasteiger partial charge in [-0.3, -0.25) is 0 Å². The Morgan fingerprint density at radius 1 is 1.10 bits per heavy atom. The molecule has 2 rings (SSSR count). The van der Waals surface area contributed by atoms with Crippen molar-refractivity contribution in [3.05, 3.63) is 68.1 Å². The molecule has 1 N–H and O–H groups in total. The van der Waals surface area contributed by atoms with Gasteiger partial charge in [0.1, 0.15) is 11.6 Å². The van der Waals surface area contributed by atoms with Crippen molar-refractivity contribution in [2.45, 2.75) is 12.5 Å². The van der Waals surface area contributed by atoms with E-state index in [0.29, 0.717) is 16.5 Å². The maximum Gasteiger partial charge on any atom is 0.137 e. The second-order valence-corrected chi connectivity index (χ2v) is 6.13. The van der Waals surface area contributed by atoms with Gasteiger partial charge in [0.05, 0.1) is 4.47 Å². The van der Waals surface area contributed by atoms with Gasteiger partial charge >= 0.3 is 0 Å². The molecule has 0 saturated heterocycles. The highest BCUT2D eigenvalue weighted by Gasteiger charge is 2.17. The van der Waals surface area contributed by atoms with Crippen LogP contribution in [0.4, 0.5) is 8.78 Å². The predicted molar refractivity (Wildman–Crippen MR) is 83.7 cm³/mol. The van der Waals surface area contributed by atoms with Crippen LogP contribution in [0, 0.1) is 11.6 Å². The second-order valence-electron chi connectivity index (χ2n) is 4.42. The number of halogens is 4. The first-order valence-corrected chi connectivity index (χ1v) is 7.66. The van der Waals surface area contributed by atoms with Crippen LogP contribution in [0.3, 0.4) is 0 Å². The van der Waals surface area contributed by atoms with Crippen molar-refractivity contribution in [3.8, 4) is 0 Å². The number of hydrogen-bond donors (Lipinski definition) is 1. The van der Waals surface area contributed by atoms with Gasteiger partial charge in [-0.2, -0.15) is 0 Å². The van der Waals surface area contributed by atoms with E-state index in [0.717, 1.165) is 10.0 Å². The molecule has 106 valence electrons. The summed E-state index contributed by atoms with van der Waals surface area (Å²) in [5.74, 6) is -0.591. The van der Waals surface area contributed by atoms with Crippen LogP contribution < -0.4 is 5.32 Å². The molecule has 0 amide bonds. The summed E-state index contributed by atoms with van der Waals surface area (Å²) in [7, 11) is 1.76. The molecule has 5 heteroatoms. The Labute approximate surface area is 133 Å². The first kappa shape index (κ1) is 15.6. The third-order valence-corrected chi connectivity index (χ3v) is 4.52. The molecule has 20 heavy (non-hydrogen) atoms. The highest BCUT2D eigenvalue weighted by molar-refractivity contribution is 9.10. The van der Waals surface area contributed by atoms with E-state index in [-0.39, 0.29) is 17.7 Å². The average molecular weight is 405 g/mol. The lowest BCUT2D eigenvalue weighted by Crippen LogP contribution is -2.20. The number of benzene rings is 2. The highest BCUT2D eigenvalue weighted by atomic mass is 79.9. The van der Waals surface area contributed by atoms with Gasteiger partial charge in [0.2, 0.25) is 0 Å². The molecule has 0 aliphatic heterocycles. The molecular formula is C15H13Br2F2N. The van der Waals surface area contributed by atoms with Crippen molar-refractivity contribution in [3.63, 3.8) is 0 Å². The van der Waals surface area contributed by atoms with Crippen molar-refractivity contribution in [2.24, 2.45) is 0 Å². The molecule has 0 aliphatic carbocycles. The Balaban J connectivity index is 2.34. The van der Waals surface area contributed by atoms with Gasteiger partial charge < -0.3 is 5.32 Å². The lowest BCUT2D eigenvalue weighted by molar-refractivity contribution is 0.531. The van der Waals surface area contributed by atoms with Gasteiger partial charge in [0, 0.05) is 16.1 Å². The van der Waals surface area contributed by atoms with Crippen molar-refractivity contribution in [1.29, 1.82) is 0 Å². The SMILES string of the molecule is CNC(Cc1cccc(F)c1Br)c1cc(Br)ccc1F. The summed E-state index contributed by atoms with van der Waals surface area (Å²) in [6.45, 7) is 0. The van der Waals surface area contributed by atoms with E-state index in [1.807, 2.05) is 6.07 Å². The minimum absolute atomic E-state index is 0.231. The fourth-order valence-corrected chi connectivity index (χ4v) is 2.88. The number of likely N-dealkylation sites (N-methyl/N-ethyl adjacent to an activating group) is 1. The monoisotopic (exact) mass is 403 g/mol. The zero-order valence-electron chi connectivity index (χ0n) is 10.8. The Bertz CT molecular complexity index is 617. The fourth-order valence-electron chi connectivity index (χ4n) is 2.08. The van der Waals surface area contributed by atoms with Gasteiger partial charge in [0.15, 0.2) is 0 Å². The quantitative estimate of drug-likeness (QED) is 0.756. The molecule has 1 atom stereocenters. The van der Waals surface area contributed by atoms with Gasteiger partial charge in [-0.25, -0.2) is 8.78 Å². The van der Waals surface area contributed by atoms with Crippen molar-refractivity contribution < 1.29 is 8.78 Å². The first-order valence-electron chi connectivity index (χ1n) is 6.08. The molecule has 0 saturated carbocycles. The normalized spacial score (nSPS) is 12.4. The van der Waals surface area contributed by atoms with Crippen molar-refractivity contribution in [2.75, 3.05) is 7.05 Å². The number of nitrogens with one attached hydrogen (secondary N) is 1. The second kappa shape index (κ2) is 6.78. The van der Waals surface area contributed by atoms with E-state index in [1.54, 1.807) is 25.2 Å². The number of rotatable bonds is 4. The summed E-state index contributed by atoms with van der Waals surface area (Å²) in [5, 5.41) is 3.08. The summed E-state index contributed by atoms with van der Waals surface area (Å²) in [6.07, 6.45) is 0.488. The van der Waals surface area contributed by atoms with Gasteiger partial charge in [-0.1, -0.05) is 28.1 Å². The van der Waals surface area contributed by atoms with Crippen LogP contribution in [0.15, 0.2) is 45.3 Å². The number of hydrogen-bond acceptors (Lipinski definition) is 1. The minimum Gasteiger partial charge on any atom is -0.313 e. The van der Waals surface area contributed by atoms with Crippen molar-refractivity contribution >= 4 is 31.9 Å². The van der Waals surface area contributed by atoms with E-state index >= 15 is 0 Å². The van der Waals surface area contributed by atoms with Crippen LogP contribution in [-0.4, -0.2) is 7.05 Å². The maximum atomic E-state index is 13.9. The van der Waals surface area contributed by atoms with Gasteiger partial charge in [-0.05, 0) is 59.2 Å². The molecule has 0 aromatic heterocycles. The summed E-state index contributed by atoms with van der Waals surface area (Å²) >= 11 is 6.58. The molecular weight excluding hydrogens is 392 g/mol. The third-order valence-electron chi connectivity index (χ3n) is 3.14. The molecule has 0 radical (unpaired) electrons. The highest BCUT2D eigenvalue weighted by Crippen LogP contribution is 2.28. The molecule has 0 aliphatic rings. The lowest BCUT2D eigenvalue weighted by Gasteiger charge is -2.18. The third kappa shape index (κ3) is 3.45. The summed E-state index contributed by atoms with van der Waals surface area (Å²) in [4.78, 5) is 0. The fraction of sp³-hybridized carbons (Fsp3) is 0.200. The minimum atomic E-state index is -0.313. The summed E-state index contributed by atoms with van der Waals surface area (Å²) in [6, 6.07) is 9.46. The van der Waals surface area contributed by atoms with Crippen LogP contribution in [-0.2, 0) is 6.42 Å². The molecule has 1 unspecified atom stereocenters. The topological polar surface area (TPSA) is 12.0 Å². The van der Waals surface area contributed by atoms with E-state index in [2.05, 4.69) is 37.2 Å². The van der Waals surface area contributed by atoms with Crippen LogP contribution in [0.2, 0.25) is 0 Å². The predicted octanol–water partition coefficient (Wildman–Crippen LogP) is 4.99. The standard InChI is InChI=1S/C15H13Br2F2N/c1-20-14(11-8-10(16)5-6-12(11)18)7-9-3-2-4-13(19)15(9)17/h2-6,8,14,20H,7H2,1H3. The zero-order chi connectivity index (χ0) is 14.7. The summed E-state index contributed by atoms with van der Waals surface area (Å²) < 4.78 is 28.7. The Morgan fingerprint density at radius 3 is 2.55 bits per heavy atom. The van der Waals surface area contributed by atoms with E-state index in [1.165, 1.54) is 12.1 Å². The maximum absolute atomic E-state index is 13.9. The first-order chi connectivity index (χ1) is 9.52. The van der Waals surface area contributed by atoms with E-state index in [9.17, 15) is 8.78 Å². The van der Waals surface area contributed by atoms with E-state index < -0.39 is 0 Å². The average Bonchev–Trinajstić information content (AvgIpc) is 2.43. The molecule has 0 bridgehead atoms. The Morgan fingerprint density at radius 2 is 1.85 bits per heavy atom. The summed E-state index contributed by atoms with van der Waals surface area (Å²) in [5.41, 5.74) is 1.35. The zero-order valence-corrected chi connectivity index (χ0v) is 13.9. The van der Waals surface area contributed by atoms with Crippen LogP contribution in [0.25, 0.3) is 0 Å². The van der Waals surface area contributed by atoms with Crippen LogP contribution in [0.1, 0.15) is 17.2 Å². The van der Waals surface area contributed by atoms with E-state index in [4.69, 9.17) is 0 Å². The van der Waals surface area contributed by atoms with Gasteiger partial charge in [0.25, 0.3) is 0 Å². The Hall–Kier alpha value is -0.780. The molecule has 0 fully saturated rings. The smallest absolute Gasteiger partial charge is 0.137 e.